The quantitative estimate of drug-likeness (QED) is 0.251. The Labute approximate surface area is 247 Å². The Morgan fingerprint density at radius 1 is 1.17 bits per heavy atom. The first-order valence-electron chi connectivity index (χ1n) is 13.2. The number of aromatic nitrogens is 1. The number of carbonyl (C=O) groups is 1. The Morgan fingerprint density at radius 3 is 2.51 bits per heavy atom. The average molecular weight is 595 g/mol. The van der Waals surface area contributed by atoms with Crippen LogP contribution in [-0.2, 0) is 9.53 Å². The monoisotopic (exact) mass is 594 g/mol. The molecule has 10 heteroatoms. The van der Waals surface area contributed by atoms with E-state index in [0.29, 0.717) is 61.7 Å². The predicted octanol–water partition coefficient (Wildman–Crippen LogP) is 4.65. The Hall–Kier alpha value is -4.00. The number of nitrogens with zero attached hydrogens (tertiary/aromatic N) is 2. The number of halogens is 1. The number of esters is 1. The largest absolute Gasteiger partial charge is 0.494 e. The summed E-state index contributed by atoms with van der Waals surface area (Å²) in [5, 5.41) is 0.298. The van der Waals surface area contributed by atoms with Gasteiger partial charge in [-0.2, -0.15) is 0 Å². The number of ether oxygens (including phenoxy) is 4. The van der Waals surface area contributed by atoms with Gasteiger partial charge in [-0.15, -0.1) is 6.42 Å². The molecule has 0 saturated heterocycles. The predicted molar refractivity (Wildman–Crippen MR) is 160 cm³/mol. The van der Waals surface area contributed by atoms with E-state index >= 15 is 0 Å². The summed E-state index contributed by atoms with van der Waals surface area (Å²) in [4.78, 5) is 32.3. The number of fused-ring (bicyclic) bond motifs is 1. The minimum Gasteiger partial charge on any atom is -0.494 e. The van der Waals surface area contributed by atoms with Crippen LogP contribution in [0.3, 0.4) is 0 Å². The maximum absolute atomic E-state index is 13.9. The third-order valence-electron chi connectivity index (χ3n) is 6.02. The molecule has 0 N–H and O–H groups in total. The van der Waals surface area contributed by atoms with E-state index in [1.54, 1.807) is 39.0 Å². The molecule has 3 aromatic rings. The fourth-order valence-electron chi connectivity index (χ4n) is 4.43. The summed E-state index contributed by atoms with van der Waals surface area (Å²) in [6, 6.07) is 9.99. The first kappa shape index (κ1) is 30.0. The molecule has 0 amide bonds. The molecule has 41 heavy (non-hydrogen) atoms. The number of thiazole rings is 1. The van der Waals surface area contributed by atoms with Crippen LogP contribution in [0.1, 0.15) is 51.8 Å². The summed E-state index contributed by atoms with van der Waals surface area (Å²) >= 11 is 7.72. The van der Waals surface area contributed by atoms with Gasteiger partial charge in [0, 0.05) is 0 Å². The lowest BCUT2D eigenvalue weighted by atomic mass is 9.96. The highest BCUT2D eigenvalue weighted by molar-refractivity contribution is 7.07. The summed E-state index contributed by atoms with van der Waals surface area (Å²) in [7, 11) is 0. The van der Waals surface area contributed by atoms with Crippen LogP contribution < -0.4 is 29.1 Å². The van der Waals surface area contributed by atoms with Gasteiger partial charge in [0.05, 0.1) is 46.2 Å². The molecule has 0 saturated carbocycles. The van der Waals surface area contributed by atoms with Crippen LogP contribution >= 0.6 is 22.9 Å². The van der Waals surface area contributed by atoms with Crippen molar-refractivity contribution in [3.05, 3.63) is 83.5 Å². The Balaban J connectivity index is 1.88. The van der Waals surface area contributed by atoms with Crippen molar-refractivity contribution >= 4 is 35.0 Å². The number of benzene rings is 2. The third-order valence-corrected chi connectivity index (χ3v) is 7.28. The van der Waals surface area contributed by atoms with Crippen molar-refractivity contribution in [3.8, 4) is 29.6 Å². The number of carbonyl (C=O) groups excluding carboxylic acids is 1. The summed E-state index contributed by atoms with van der Waals surface area (Å²) in [5.74, 6) is 3.33. The molecular formula is C31H31ClN2O6S. The van der Waals surface area contributed by atoms with Gasteiger partial charge in [0.25, 0.3) is 5.56 Å². The Kier molecular flexibility index (Phi) is 9.58. The van der Waals surface area contributed by atoms with E-state index in [9.17, 15) is 9.59 Å². The molecule has 2 heterocycles. The molecular weight excluding hydrogens is 564 g/mol. The van der Waals surface area contributed by atoms with E-state index < -0.39 is 12.0 Å². The number of allylic oxidation sites excluding steroid dienone is 1. The summed E-state index contributed by atoms with van der Waals surface area (Å²) < 4.78 is 24.4. The van der Waals surface area contributed by atoms with Crippen molar-refractivity contribution in [2.45, 2.75) is 46.8 Å². The lowest BCUT2D eigenvalue weighted by Crippen LogP contribution is -2.40. The maximum Gasteiger partial charge on any atom is 0.338 e. The van der Waals surface area contributed by atoms with Crippen LogP contribution in [0, 0.1) is 12.3 Å². The van der Waals surface area contributed by atoms with Crippen LogP contribution in [0.25, 0.3) is 6.08 Å². The van der Waals surface area contributed by atoms with Gasteiger partial charge in [-0.1, -0.05) is 41.0 Å². The highest BCUT2D eigenvalue weighted by Crippen LogP contribution is 2.37. The minimum absolute atomic E-state index is 0.0320. The van der Waals surface area contributed by atoms with Crippen LogP contribution in [0.5, 0.6) is 17.2 Å². The topological polar surface area (TPSA) is 88.4 Å². The fraction of sp³-hybridized carbons (Fsp3) is 0.323. The molecule has 0 bridgehead atoms. The molecule has 214 valence electrons. The van der Waals surface area contributed by atoms with Gasteiger partial charge in [-0.05, 0) is 76.1 Å². The zero-order valence-electron chi connectivity index (χ0n) is 23.5. The number of rotatable bonds is 10. The van der Waals surface area contributed by atoms with Crippen molar-refractivity contribution < 1.29 is 23.7 Å². The first-order valence-corrected chi connectivity index (χ1v) is 14.4. The molecule has 0 spiro atoms. The molecule has 1 aromatic heterocycles. The minimum atomic E-state index is -0.738. The van der Waals surface area contributed by atoms with E-state index in [-0.39, 0.29) is 18.3 Å². The van der Waals surface area contributed by atoms with Crippen LogP contribution in [0.15, 0.2) is 57.5 Å². The maximum atomic E-state index is 13.9. The first-order chi connectivity index (χ1) is 19.7. The average Bonchev–Trinajstić information content (AvgIpc) is 3.22. The molecule has 8 nitrogen and oxygen atoms in total. The second-order valence-corrected chi connectivity index (χ2v) is 10.7. The van der Waals surface area contributed by atoms with Crippen LogP contribution in [0.4, 0.5) is 0 Å². The smallest absolute Gasteiger partial charge is 0.338 e. The van der Waals surface area contributed by atoms with Gasteiger partial charge in [0.2, 0.25) is 0 Å². The van der Waals surface area contributed by atoms with E-state index in [1.807, 2.05) is 38.1 Å². The highest BCUT2D eigenvalue weighted by atomic mass is 35.5. The molecule has 0 unspecified atom stereocenters. The SMILES string of the molecule is C#CCOc1c(Cl)cc(/C=c2/sc3n(c2=O)[C@H](c2ccc(OCC)cc2)C(C(=O)OC(C)C)=C(C)N=3)cc1OCC. The Bertz CT molecular complexity index is 1700. The van der Waals surface area contributed by atoms with Gasteiger partial charge >= 0.3 is 5.97 Å². The van der Waals surface area contributed by atoms with Crippen molar-refractivity contribution in [2.24, 2.45) is 4.99 Å². The number of hydrogen-bond acceptors (Lipinski definition) is 8. The van der Waals surface area contributed by atoms with E-state index in [1.165, 1.54) is 15.9 Å². The van der Waals surface area contributed by atoms with Gasteiger partial charge in [0.15, 0.2) is 16.3 Å². The molecule has 0 aliphatic carbocycles. The zero-order chi connectivity index (χ0) is 29.7. The lowest BCUT2D eigenvalue weighted by Gasteiger charge is -2.25. The molecule has 4 rings (SSSR count). The van der Waals surface area contributed by atoms with Gasteiger partial charge in [0.1, 0.15) is 12.4 Å². The molecule has 1 aliphatic rings. The van der Waals surface area contributed by atoms with Crippen LogP contribution in [0.2, 0.25) is 5.02 Å². The summed E-state index contributed by atoms with van der Waals surface area (Å²) in [6.45, 7) is 9.98. The second-order valence-electron chi connectivity index (χ2n) is 9.29. The number of terminal acetylenes is 1. The van der Waals surface area contributed by atoms with Crippen molar-refractivity contribution in [1.29, 1.82) is 0 Å². The molecule has 1 atom stereocenters. The standard InChI is InChI=1S/C31H31ClN2O6S/c1-7-14-39-28-23(32)15-20(16-24(28)38-9-3)17-25-29(35)34-27(21-10-12-22(13-11-21)37-8-2)26(30(36)40-18(4)5)19(6)33-31(34)41-25/h1,10-13,15-18,27H,8-9,14H2,2-6H3/b25-17+/t27-/m1/s1. The molecule has 0 fully saturated rings. The fourth-order valence-corrected chi connectivity index (χ4v) is 5.75. The van der Waals surface area contributed by atoms with E-state index in [4.69, 9.17) is 37.0 Å². The van der Waals surface area contributed by atoms with Crippen molar-refractivity contribution in [1.82, 2.24) is 4.57 Å². The van der Waals surface area contributed by atoms with E-state index in [0.717, 1.165) is 5.56 Å². The lowest BCUT2D eigenvalue weighted by molar-refractivity contribution is -0.143. The Morgan fingerprint density at radius 2 is 1.88 bits per heavy atom. The van der Waals surface area contributed by atoms with Gasteiger partial charge < -0.3 is 18.9 Å². The second kappa shape index (κ2) is 13.1. The third kappa shape index (κ3) is 6.50. The molecule has 0 radical (unpaired) electrons. The zero-order valence-corrected chi connectivity index (χ0v) is 25.1. The highest BCUT2D eigenvalue weighted by Gasteiger charge is 2.33. The summed E-state index contributed by atoms with van der Waals surface area (Å²) in [6.07, 6.45) is 6.70. The molecule has 1 aliphatic heterocycles. The summed E-state index contributed by atoms with van der Waals surface area (Å²) in [5.41, 5.74) is 1.83. The van der Waals surface area contributed by atoms with E-state index in [2.05, 4.69) is 10.9 Å². The van der Waals surface area contributed by atoms with Crippen molar-refractivity contribution in [3.63, 3.8) is 0 Å². The normalized spacial score (nSPS) is 14.8. The van der Waals surface area contributed by atoms with Gasteiger partial charge in [-0.25, -0.2) is 9.79 Å². The van der Waals surface area contributed by atoms with Crippen LogP contribution in [-0.4, -0.2) is 36.5 Å². The number of hydrogen-bond donors (Lipinski definition) is 0. The van der Waals surface area contributed by atoms with Crippen molar-refractivity contribution in [2.75, 3.05) is 19.8 Å². The molecule has 2 aromatic carbocycles. The van der Waals surface area contributed by atoms with Gasteiger partial charge in [-0.3, -0.25) is 9.36 Å².